The summed E-state index contributed by atoms with van der Waals surface area (Å²) in [5.41, 5.74) is 2.36. The van der Waals surface area contributed by atoms with Gasteiger partial charge in [-0.15, -0.1) is 0 Å². The number of halogens is 2. The smallest absolute Gasteiger partial charge is 0.264 e. The highest BCUT2D eigenvalue weighted by molar-refractivity contribution is 9.10. The summed E-state index contributed by atoms with van der Waals surface area (Å²) < 4.78 is 27.8. The molecule has 1 N–H and O–H groups in total. The predicted octanol–water partition coefficient (Wildman–Crippen LogP) is 3.31. The molecule has 0 bridgehead atoms. The van der Waals surface area contributed by atoms with E-state index in [2.05, 4.69) is 30.6 Å². The molecule has 1 aromatic heterocycles. The summed E-state index contributed by atoms with van der Waals surface area (Å²) in [7, 11) is -3.73. The van der Waals surface area contributed by atoms with Crippen molar-refractivity contribution in [3.63, 3.8) is 0 Å². The standard InChI is InChI=1S/C12H11BrClN3O2S/c1-7-3-9(4-8(2)11(7)13)17-20(18,19)10-5-15-12(14)16-6-10/h3-6,17H,1-2H3. The van der Waals surface area contributed by atoms with Crippen LogP contribution in [0.5, 0.6) is 0 Å². The third-order valence-electron chi connectivity index (χ3n) is 2.60. The van der Waals surface area contributed by atoms with Crippen molar-refractivity contribution in [1.82, 2.24) is 9.97 Å². The summed E-state index contributed by atoms with van der Waals surface area (Å²) >= 11 is 8.97. The van der Waals surface area contributed by atoms with Gasteiger partial charge in [0.15, 0.2) is 0 Å². The number of aromatic nitrogens is 2. The normalized spacial score (nSPS) is 11.4. The monoisotopic (exact) mass is 375 g/mol. The van der Waals surface area contributed by atoms with Crippen LogP contribution >= 0.6 is 27.5 Å². The van der Waals surface area contributed by atoms with Crippen LogP contribution in [0.15, 0.2) is 33.9 Å². The van der Waals surface area contributed by atoms with Crippen LogP contribution in [0.1, 0.15) is 11.1 Å². The molecule has 0 amide bonds. The largest absolute Gasteiger partial charge is 0.280 e. The summed E-state index contributed by atoms with van der Waals surface area (Å²) in [6.07, 6.45) is 2.33. The van der Waals surface area contributed by atoms with E-state index in [1.165, 1.54) is 0 Å². The second-order valence-electron chi connectivity index (χ2n) is 4.22. The molecule has 0 atom stereocenters. The molecule has 1 heterocycles. The van der Waals surface area contributed by atoms with Crippen LogP contribution in [-0.2, 0) is 10.0 Å². The molecule has 5 nitrogen and oxygen atoms in total. The second kappa shape index (κ2) is 5.67. The number of anilines is 1. The zero-order valence-electron chi connectivity index (χ0n) is 10.7. The maximum absolute atomic E-state index is 12.2. The average Bonchev–Trinajstić information content (AvgIpc) is 2.36. The Bertz CT molecular complexity index is 725. The maximum atomic E-state index is 12.2. The summed E-state index contributed by atoms with van der Waals surface area (Å²) in [4.78, 5) is 7.29. The molecule has 106 valence electrons. The summed E-state index contributed by atoms with van der Waals surface area (Å²) in [6, 6.07) is 3.48. The van der Waals surface area contributed by atoms with Crippen molar-refractivity contribution in [3.8, 4) is 0 Å². The lowest BCUT2D eigenvalue weighted by molar-refractivity contribution is 0.600. The van der Waals surface area contributed by atoms with E-state index >= 15 is 0 Å². The highest BCUT2D eigenvalue weighted by Crippen LogP contribution is 2.26. The Morgan fingerprint density at radius 3 is 2.15 bits per heavy atom. The lowest BCUT2D eigenvalue weighted by Crippen LogP contribution is -2.14. The number of aryl methyl sites for hydroxylation is 2. The van der Waals surface area contributed by atoms with Gasteiger partial charge in [0, 0.05) is 10.2 Å². The minimum atomic E-state index is -3.73. The molecule has 2 rings (SSSR count). The van der Waals surface area contributed by atoms with E-state index < -0.39 is 10.0 Å². The molecule has 0 aliphatic carbocycles. The van der Waals surface area contributed by atoms with Crippen LogP contribution in [-0.4, -0.2) is 18.4 Å². The third-order valence-corrected chi connectivity index (χ3v) is 5.38. The van der Waals surface area contributed by atoms with Crippen LogP contribution in [0.2, 0.25) is 5.28 Å². The Kier molecular flexibility index (Phi) is 4.31. The number of rotatable bonds is 3. The molecule has 0 saturated carbocycles. The minimum absolute atomic E-state index is 0.000666. The quantitative estimate of drug-likeness (QED) is 0.834. The van der Waals surface area contributed by atoms with Crippen molar-refractivity contribution in [3.05, 3.63) is 45.4 Å². The fourth-order valence-electron chi connectivity index (χ4n) is 1.66. The predicted molar refractivity (Wildman–Crippen MR) is 81.5 cm³/mol. The minimum Gasteiger partial charge on any atom is -0.280 e. The molecule has 0 saturated heterocycles. The van der Waals surface area contributed by atoms with Crippen molar-refractivity contribution in [2.24, 2.45) is 0 Å². The Morgan fingerprint density at radius 2 is 1.65 bits per heavy atom. The fraction of sp³-hybridized carbons (Fsp3) is 0.167. The average molecular weight is 377 g/mol. The van der Waals surface area contributed by atoms with Crippen molar-refractivity contribution >= 4 is 43.2 Å². The van der Waals surface area contributed by atoms with Crippen LogP contribution in [0.25, 0.3) is 0 Å². The van der Waals surface area contributed by atoms with E-state index in [0.29, 0.717) is 5.69 Å². The van der Waals surface area contributed by atoms with Crippen molar-refractivity contribution in [2.45, 2.75) is 18.7 Å². The van der Waals surface area contributed by atoms with Crippen LogP contribution in [0.3, 0.4) is 0 Å². The third kappa shape index (κ3) is 3.28. The van der Waals surface area contributed by atoms with Crippen LogP contribution < -0.4 is 4.72 Å². The van der Waals surface area contributed by atoms with Gasteiger partial charge in [0.25, 0.3) is 10.0 Å². The first-order valence-corrected chi connectivity index (χ1v) is 8.22. The zero-order valence-corrected chi connectivity index (χ0v) is 13.8. The Balaban J connectivity index is 2.36. The molecule has 0 aliphatic rings. The molecular formula is C12H11BrClN3O2S. The molecule has 20 heavy (non-hydrogen) atoms. The molecule has 1 aromatic carbocycles. The highest BCUT2D eigenvalue weighted by Gasteiger charge is 2.16. The van der Waals surface area contributed by atoms with Gasteiger partial charge in [0.1, 0.15) is 4.90 Å². The molecule has 0 unspecified atom stereocenters. The molecule has 0 fully saturated rings. The topological polar surface area (TPSA) is 72.0 Å². The number of hydrogen-bond acceptors (Lipinski definition) is 4. The van der Waals surface area contributed by atoms with Gasteiger partial charge in [-0.1, -0.05) is 15.9 Å². The highest BCUT2D eigenvalue weighted by atomic mass is 79.9. The van der Waals surface area contributed by atoms with Gasteiger partial charge < -0.3 is 0 Å². The SMILES string of the molecule is Cc1cc(NS(=O)(=O)c2cnc(Cl)nc2)cc(C)c1Br. The lowest BCUT2D eigenvalue weighted by Gasteiger charge is -2.11. The summed E-state index contributed by atoms with van der Waals surface area (Å²) in [6.45, 7) is 3.78. The van der Waals surface area contributed by atoms with Gasteiger partial charge in [0.2, 0.25) is 5.28 Å². The van der Waals surface area contributed by atoms with E-state index in [-0.39, 0.29) is 10.2 Å². The first-order valence-electron chi connectivity index (χ1n) is 5.57. The number of hydrogen-bond donors (Lipinski definition) is 1. The van der Waals surface area contributed by atoms with Crippen LogP contribution in [0.4, 0.5) is 5.69 Å². The second-order valence-corrected chi connectivity index (χ2v) is 7.03. The van der Waals surface area contributed by atoms with Gasteiger partial charge in [-0.2, -0.15) is 0 Å². The van der Waals surface area contributed by atoms with Crippen LogP contribution in [0, 0.1) is 13.8 Å². The van der Waals surface area contributed by atoms with E-state index in [9.17, 15) is 8.42 Å². The Labute approximate surface area is 130 Å². The van der Waals surface area contributed by atoms with E-state index in [4.69, 9.17) is 11.6 Å². The summed E-state index contributed by atoms with van der Waals surface area (Å²) in [5, 5.41) is -0.000666. The fourth-order valence-corrected chi connectivity index (χ4v) is 2.91. The van der Waals surface area contributed by atoms with E-state index in [1.807, 2.05) is 13.8 Å². The first-order chi connectivity index (χ1) is 9.29. The molecule has 0 aliphatic heterocycles. The van der Waals surface area contributed by atoms with Gasteiger partial charge in [0.05, 0.1) is 12.4 Å². The van der Waals surface area contributed by atoms with Crippen molar-refractivity contribution in [2.75, 3.05) is 4.72 Å². The molecule has 2 aromatic rings. The molecular weight excluding hydrogens is 366 g/mol. The number of nitrogens with one attached hydrogen (secondary N) is 1. The number of benzene rings is 1. The molecule has 0 radical (unpaired) electrons. The first kappa shape index (κ1) is 15.2. The molecule has 0 spiro atoms. The van der Waals surface area contributed by atoms with Gasteiger partial charge in [-0.25, -0.2) is 18.4 Å². The zero-order chi connectivity index (χ0) is 14.9. The van der Waals surface area contributed by atoms with E-state index in [0.717, 1.165) is 28.0 Å². The van der Waals surface area contributed by atoms with E-state index in [1.54, 1.807) is 12.1 Å². The van der Waals surface area contributed by atoms with Gasteiger partial charge >= 0.3 is 0 Å². The maximum Gasteiger partial charge on any atom is 0.264 e. The van der Waals surface area contributed by atoms with Crippen molar-refractivity contribution < 1.29 is 8.42 Å². The lowest BCUT2D eigenvalue weighted by atomic mass is 10.1. The number of sulfonamides is 1. The van der Waals surface area contributed by atoms with Crippen molar-refractivity contribution in [1.29, 1.82) is 0 Å². The Hall–Kier alpha value is -1.18. The molecule has 8 heteroatoms. The van der Waals surface area contributed by atoms with Gasteiger partial charge in [-0.05, 0) is 48.7 Å². The number of nitrogens with zero attached hydrogens (tertiary/aromatic N) is 2. The summed E-state index contributed by atoms with van der Waals surface area (Å²) in [5.74, 6) is 0. The van der Waals surface area contributed by atoms with Gasteiger partial charge in [-0.3, -0.25) is 4.72 Å². The Morgan fingerprint density at radius 1 is 1.15 bits per heavy atom.